The molecule has 0 aliphatic rings. The van der Waals surface area contributed by atoms with E-state index in [1.165, 1.54) is 11.1 Å². The molecule has 2 aromatic rings. The average molecular weight is 286 g/mol. The Kier molecular flexibility index (Phi) is 4.96. The van der Waals surface area contributed by atoms with Gasteiger partial charge in [0.05, 0.1) is 0 Å². The first-order valence-corrected chi connectivity index (χ1v) is 7.66. The third-order valence-electron chi connectivity index (χ3n) is 3.49. The molecule has 2 nitrogen and oxygen atoms in total. The summed E-state index contributed by atoms with van der Waals surface area (Å²) in [5, 5.41) is 2.38. The van der Waals surface area contributed by atoms with Crippen molar-refractivity contribution in [3.8, 4) is 0 Å². The highest BCUT2D eigenvalue weighted by atomic mass is 32.1. The molecule has 0 radical (unpaired) electrons. The highest BCUT2D eigenvalue weighted by molar-refractivity contribution is 7.80. The lowest BCUT2D eigenvalue weighted by atomic mass is 10.0. The molecule has 2 rings (SSSR count). The van der Waals surface area contributed by atoms with Gasteiger partial charge in [0, 0.05) is 29.7 Å². The van der Waals surface area contributed by atoms with E-state index in [0.29, 0.717) is 4.99 Å². The van der Waals surface area contributed by atoms with Crippen LogP contribution in [-0.2, 0) is 0 Å². The first-order valence-electron chi connectivity index (χ1n) is 7.25. The number of rotatable bonds is 6. The Hall–Kier alpha value is -1.61. The Morgan fingerprint density at radius 3 is 2.15 bits per heavy atom. The Labute approximate surface area is 126 Å². The van der Waals surface area contributed by atoms with E-state index in [-0.39, 0.29) is 0 Å². The molecule has 0 unspecified atom stereocenters. The summed E-state index contributed by atoms with van der Waals surface area (Å²) in [6.45, 7) is 6.58. The van der Waals surface area contributed by atoms with Gasteiger partial charge in [-0.2, -0.15) is 0 Å². The van der Waals surface area contributed by atoms with Gasteiger partial charge in [-0.25, -0.2) is 0 Å². The minimum atomic E-state index is 0.463. The molecular formula is C17H22N2S. The number of thiocarbonyl (C=S) groups is 1. The van der Waals surface area contributed by atoms with E-state index in [1.54, 1.807) is 0 Å². The lowest BCUT2D eigenvalue weighted by molar-refractivity contribution is 0.747. The van der Waals surface area contributed by atoms with Crippen LogP contribution in [0.15, 0.2) is 36.4 Å². The van der Waals surface area contributed by atoms with Crippen LogP contribution in [0.3, 0.4) is 0 Å². The van der Waals surface area contributed by atoms with Crippen molar-refractivity contribution >= 4 is 33.7 Å². The van der Waals surface area contributed by atoms with Crippen LogP contribution < -0.4 is 10.6 Å². The molecule has 3 heteroatoms. The lowest BCUT2D eigenvalue weighted by Gasteiger charge is -2.26. The van der Waals surface area contributed by atoms with E-state index in [2.05, 4.69) is 49.1 Å². The van der Waals surface area contributed by atoms with E-state index in [9.17, 15) is 0 Å². The van der Waals surface area contributed by atoms with Crippen molar-refractivity contribution in [2.24, 2.45) is 5.73 Å². The number of anilines is 1. The zero-order valence-corrected chi connectivity index (χ0v) is 13.0. The largest absolute Gasteiger partial charge is 0.389 e. The summed E-state index contributed by atoms with van der Waals surface area (Å²) in [4.78, 5) is 2.91. The Bertz CT molecular complexity index is 601. The van der Waals surface area contributed by atoms with Gasteiger partial charge in [-0.1, -0.05) is 50.3 Å². The molecule has 106 valence electrons. The van der Waals surface area contributed by atoms with E-state index in [1.807, 2.05) is 6.07 Å². The molecule has 2 N–H and O–H groups in total. The van der Waals surface area contributed by atoms with E-state index in [0.717, 1.165) is 36.9 Å². The van der Waals surface area contributed by atoms with Crippen LogP contribution in [0.25, 0.3) is 10.8 Å². The van der Waals surface area contributed by atoms with Gasteiger partial charge in [0.15, 0.2) is 0 Å². The van der Waals surface area contributed by atoms with Crippen LogP contribution in [0.4, 0.5) is 5.69 Å². The molecule has 0 heterocycles. The Morgan fingerprint density at radius 2 is 1.60 bits per heavy atom. The predicted octanol–water partition coefficient (Wildman–Crippen LogP) is 4.10. The summed E-state index contributed by atoms with van der Waals surface area (Å²) in [5.41, 5.74) is 8.09. The van der Waals surface area contributed by atoms with Crippen molar-refractivity contribution in [2.45, 2.75) is 26.7 Å². The summed E-state index contributed by atoms with van der Waals surface area (Å²) >= 11 is 5.17. The van der Waals surface area contributed by atoms with Gasteiger partial charge in [-0.15, -0.1) is 0 Å². The minimum absolute atomic E-state index is 0.463. The summed E-state index contributed by atoms with van der Waals surface area (Å²) in [6.07, 6.45) is 2.29. The van der Waals surface area contributed by atoms with Gasteiger partial charge in [-0.3, -0.25) is 0 Å². The van der Waals surface area contributed by atoms with Crippen molar-refractivity contribution in [1.29, 1.82) is 0 Å². The fourth-order valence-corrected chi connectivity index (χ4v) is 2.84. The second kappa shape index (κ2) is 6.71. The smallest absolute Gasteiger partial charge is 0.104 e. The average Bonchev–Trinajstić information content (AvgIpc) is 2.45. The van der Waals surface area contributed by atoms with Gasteiger partial charge in [0.2, 0.25) is 0 Å². The molecule has 0 spiro atoms. The summed E-state index contributed by atoms with van der Waals surface area (Å²) in [6, 6.07) is 12.6. The van der Waals surface area contributed by atoms with Crippen molar-refractivity contribution in [3.05, 3.63) is 42.0 Å². The number of fused-ring (bicyclic) bond motifs is 1. The zero-order chi connectivity index (χ0) is 14.5. The van der Waals surface area contributed by atoms with E-state index < -0.39 is 0 Å². The van der Waals surface area contributed by atoms with Crippen molar-refractivity contribution in [1.82, 2.24) is 0 Å². The molecular weight excluding hydrogens is 264 g/mol. The van der Waals surface area contributed by atoms with Crippen molar-refractivity contribution < 1.29 is 0 Å². The maximum Gasteiger partial charge on any atom is 0.104 e. The van der Waals surface area contributed by atoms with Crippen molar-refractivity contribution in [2.75, 3.05) is 18.0 Å². The molecule has 0 saturated heterocycles. The first-order chi connectivity index (χ1) is 9.69. The number of nitrogens with two attached hydrogens (primary N) is 1. The van der Waals surface area contributed by atoms with Crippen LogP contribution in [-0.4, -0.2) is 18.1 Å². The fourth-order valence-electron chi connectivity index (χ4n) is 2.67. The maximum atomic E-state index is 5.84. The van der Waals surface area contributed by atoms with Crippen LogP contribution in [0.5, 0.6) is 0 Å². The molecule has 0 bridgehead atoms. The fraction of sp³-hybridized carbons (Fsp3) is 0.353. The number of benzene rings is 2. The molecule has 2 aromatic carbocycles. The monoisotopic (exact) mass is 286 g/mol. The van der Waals surface area contributed by atoms with Crippen LogP contribution >= 0.6 is 12.2 Å². The summed E-state index contributed by atoms with van der Waals surface area (Å²) in [5.74, 6) is 0. The van der Waals surface area contributed by atoms with Crippen molar-refractivity contribution in [3.63, 3.8) is 0 Å². The highest BCUT2D eigenvalue weighted by Gasteiger charge is 2.12. The third-order valence-corrected chi connectivity index (χ3v) is 3.71. The number of nitrogens with zero attached hydrogens (tertiary/aromatic N) is 1. The van der Waals surface area contributed by atoms with E-state index in [4.69, 9.17) is 18.0 Å². The number of hydrogen-bond donors (Lipinski definition) is 1. The molecule has 0 fully saturated rings. The molecule has 0 amide bonds. The quantitative estimate of drug-likeness (QED) is 0.811. The summed E-state index contributed by atoms with van der Waals surface area (Å²) in [7, 11) is 0. The predicted molar refractivity (Wildman–Crippen MR) is 92.6 cm³/mol. The topological polar surface area (TPSA) is 29.3 Å². The molecule has 0 aliphatic heterocycles. The molecule has 0 saturated carbocycles. The van der Waals surface area contributed by atoms with Crippen LogP contribution in [0, 0.1) is 0 Å². The molecule has 0 aromatic heterocycles. The van der Waals surface area contributed by atoms with Gasteiger partial charge < -0.3 is 10.6 Å². The Balaban J connectivity index is 2.59. The maximum absolute atomic E-state index is 5.84. The normalized spacial score (nSPS) is 10.7. The standard InChI is InChI=1S/C17H22N2S/c1-3-11-19(12-4-2)16-10-9-15(17(18)20)13-7-5-6-8-14(13)16/h5-10H,3-4,11-12H2,1-2H3,(H2,18,20). The van der Waals surface area contributed by atoms with Crippen LogP contribution in [0.2, 0.25) is 0 Å². The first kappa shape index (κ1) is 14.8. The minimum Gasteiger partial charge on any atom is -0.389 e. The molecule has 20 heavy (non-hydrogen) atoms. The second-order valence-corrected chi connectivity index (χ2v) is 5.47. The number of hydrogen-bond acceptors (Lipinski definition) is 2. The Morgan fingerprint density at radius 1 is 1.00 bits per heavy atom. The zero-order valence-electron chi connectivity index (χ0n) is 12.2. The van der Waals surface area contributed by atoms with E-state index >= 15 is 0 Å². The highest BCUT2D eigenvalue weighted by Crippen LogP contribution is 2.30. The third kappa shape index (κ3) is 2.93. The molecule has 0 aliphatic carbocycles. The summed E-state index contributed by atoms with van der Waals surface area (Å²) < 4.78 is 0. The second-order valence-electron chi connectivity index (χ2n) is 5.03. The van der Waals surface area contributed by atoms with Gasteiger partial charge in [-0.05, 0) is 30.4 Å². The lowest BCUT2D eigenvalue weighted by Crippen LogP contribution is -2.25. The van der Waals surface area contributed by atoms with Gasteiger partial charge in [0.1, 0.15) is 4.99 Å². The molecule has 0 atom stereocenters. The van der Waals surface area contributed by atoms with Gasteiger partial charge >= 0.3 is 0 Å². The van der Waals surface area contributed by atoms with Gasteiger partial charge in [0.25, 0.3) is 0 Å². The van der Waals surface area contributed by atoms with Crippen LogP contribution in [0.1, 0.15) is 32.3 Å². The SMILES string of the molecule is CCCN(CCC)c1ccc(C(N)=S)c2ccccc12.